The van der Waals surface area contributed by atoms with Gasteiger partial charge < -0.3 is 19.1 Å². The number of aromatic nitrogens is 5. The zero-order valence-corrected chi connectivity index (χ0v) is 22.5. The van der Waals surface area contributed by atoms with Crippen LogP contribution in [-0.2, 0) is 17.7 Å². The first-order valence-electron chi connectivity index (χ1n) is 14.4. The van der Waals surface area contributed by atoms with Crippen molar-refractivity contribution in [1.29, 1.82) is 0 Å². The molecule has 9 nitrogen and oxygen atoms in total. The summed E-state index contributed by atoms with van der Waals surface area (Å²) in [4.78, 5) is 13.1. The molecule has 7 rings (SSSR count). The molecule has 3 aliphatic rings. The van der Waals surface area contributed by atoms with Crippen molar-refractivity contribution in [3.63, 3.8) is 0 Å². The van der Waals surface area contributed by atoms with Gasteiger partial charge in [0.15, 0.2) is 0 Å². The average molecular weight is 540 g/mol. The highest BCUT2D eigenvalue weighted by Crippen LogP contribution is 2.47. The van der Waals surface area contributed by atoms with Crippen LogP contribution in [0.4, 0.5) is 4.79 Å². The molecular weight excluding hydrogens is 506 g/mol. The van der Waals surface area contributed by atoms with Crippen molar-refractivity contribution in [2.75, 3.05) is 13.2 Å². The van der Waals surface area contributed by atoms with E-state index in [1.165, 1.54) is 41.6 Å². The van der Waals surface area contributed by atoms with Gasteiger partial charge in [0.05, 0.1) is 17.8 Å². The number of nitrogens with zero attached hydrogens (tertiary/aromatic N) is 5. The van der Waals surface area contributed by atoms with E-state index < -0.39 is 6.16 Å². The molecule has 1 saturated heterocycles. The monoisotopic (exact) mass is 539 g/mol. The first-order valence-corrected chi connectivity index (χ1v) is 14.4. The molecule has 1 N–H and O–H groups in total. The maximum Gasteiger partial charge on any atom is 0.511 e. The van der Waals surface area contributed by atoms with Gasteiger partial charge in [0, 0.05) is 48.4 Å². The zero-order chi connectivity index (χ0) is 27.1. The van der Waals surface area contributed by atoms with E-state index in [9.17, 15) is 9.90 Å². The molecule has 2 fully saturated rings. The number of hydrogen-bond acceptors (Lipinski definition) is 6. The van der Waals surface area contributed by atoms with Crippen LogP contribution in [0.1, 0.15) is 67.8 Å². The second-order valence-corrected chi connectivity index (χ2v) is 11.2. The molecule has 40 heavy (non-hydrogen) atoms. The van der Waals surface area contributed by atoms with Crippen LogP contribution in [-0.4, -0.2) is 49.3 Å². The van der Waals surface area contributed by atoms with Crippen molar-refractivity contribution >= 4 is 28.8 Å². The molecule has 0 spiro atoms. The number of benzene rings is 2. The maximum atomic E-state index is 11.4. The molecule has 4 heterocycles. The summed E-state index contributed by atoms with van der Waals surface area (Å²) in [6, 6.07) is 14.2. The van der Waals surface area contributed by atoms with E-state index in [1.807, 2.05) is 12.1 Å². The van der Waals surface area contributed by atoms with Crippen molar-refractivity contribution in [1.82, 2.24) is 24.8 Å². The van der Waals surface area contributed by atoms with Crippen molar-refractivity contribution < 1.29 is 19.4 Å². The van der Waals surface area contributed by atoms with E-state index in [0.29, 0.717) is 29.8 Å². The fraction of sp³-hybridized carbons (Fsp3) is 0.419. The summed E-state index contributed by atoms with van der Waals surface area (Å²) < 4.78 is 12.8. The Kier molecular flexibility index (Phi) is 6.59. The summed E-state index contributed by atoms with van der Waals surface area (Å²) >= 11 is 0. The minimum Gasteiger partial charge on any atom is -0.449 e. The van der Waals surface area contributed by atoms with E-state index in [-0.39, 0.29) is 0 Å². The lowest BCUT2D eigenvalue weighted by atomic mass is 9.81. The van der Waals surface area contributed by atoms with E-state index in [1.54, 1.807) is 10.9 Å². The number of hydrogen-bond donors (Lipinski definition) is 1. The van der Waals surface area contributed by atoms with Gasteiger partial charge in [-0.1, -0.05) is 43.5 Å². The molecule has 0 amide bonds. The van der Waals surface area contributed by atoms with Gasteiger partial charge in [-0.25, -0.2) is 4.79 Å². The molecule has 2 aromatic heterocycles. The van der Waals surface area contributed by atoms with E-state index in [2.05, 4.69) is 45.3 Å². The number of tetrazole rings is 1. The summed E-state index contributed by atoms with van der Waals surface area (Å²) in [5.41, 5.74) is 6.84. The van der Waals surface area contributed by atoms with Crippen LogP contribution in [0.3, 0.4) is 0 Å². The van der Waals surface area contributed by atoms with Crippen LogP contribution >= 0.6 is 0 Å². The lowest BCUT2D eigenvalue weighted by Crippen LogP contribution is -2.21. The molecule has 0 unspecified atom stereocenters. The quantitative estimate of drug-likeness (QED) is 0.232. The first kappa shape index (κ1) is 25.0. The molecule has 2 aromatic carbocycles. The van der Waals surface area contributed by atoms with Crippen molar-refractivity contribution in [2.24, 2.45) is 5.92 Å². The standard InChI is InChI=1S/C31H33N5O4/c37-31(38)40-24-10-11-26-27(17-24)35-19-23(30-32-34-36(33-30)18-20-12-14-39-15-13-20)16-22-8-4-5-9-25(22)29(35)28(26)21-6-2-1-3-7-21/h4-5,8-11,17,19-21H,1-3,6-7,12-16,18H2,(H,37,38). The predicted octanol–water partition coefficient (Wildman–Crippen LogP) is 6.38. The summed E-state index contributed by atoms with van der Waals surface area (Å²) in [6.45, 7) is 2.31. The van der Waals surface area contributed by atoms with Crippen LogP contribution in [0.2, 0.25) is 0 Å². The van der Waals surface area contributed by atoms with Crippen molar-refractivity contribution in [2.45, 2.75) is 63.8 Å². The van der Waals surface area contributed by atoms with Gasteiger partial charge in [0.25, 0.3) is 0 Å². The SMILES string of the molecule is O=C(O)Oc1ccc2c(C3CCCCC3)c3n(c2c1)C=C(c1nnn(CC2CCOCC2)n1)Cc1ccccc1-3. The van der Waals surface area contributed by atoms with Gasteiger partial charge in [-0.05, 0) is 66.0 Å². The number of allylic oxidation sites excluding steroid dienone is 1. The molecule has 2 aliphatic heterocycles. The topological polar surface area (TPSA) is 104 Å². The van der Waals surface area contributed by atoms with Crippen molar-refractivity contribution in [3.05, 3.63) is 59.4 Å². The Morgan fingerprint density at radius 1 is 1.05 bits per heavy atom. The Balaban J connectivity index is 1.39. The highest BCUT2D eigenvalue weighted by molar-refractivity contribution is 5.98. The molecule has 0 atom stereocenters. The number of carbonyl (C=O) groups is 1. The lowest BCUT2D eigenvalue weighted by molar-refractivity contribution is 0.0585. The van der Waals surface area contributed by atoms with Crippen molar-refractivity contribution in [3.8, 4) is 17.0 Å². The van der Waals surface area contributed by atoms with Crippen LogP contribution in [0, 0.1) is 5.92 Å². The molecule has 0 radical (unpaired) electrons. The number of rotatable bonds is 5. The van der Waals surface area contributed by atoms with E-state index >= 15 is 0 Å². The van der Waals surface area contributed by atoms with Crippen LogP contribution < -0.4 is 4.74 Å². The normalized spacial score (nSPS) is 18.1. The minimum atomic E-state index is -1.32. The number of carboxylic acid groups (broad SMARTS) is 1. The molecular formula is C31H33N5O4. The van der Waals surface area contributed by atoms with Gasteiger partial charge in [-0.15, -0.1) is 10.2 Å². The van der Waals surface area contributed by atoms with Crippen LogP contribution in [0.25, 0.3) is 33.9 Å². The predicted molar refractivity (Wildman–Crippen MR) is 151 cm³/mol. The Bertz CT molecular complexity index is 1590. The fourth-order valence-electron chi connectivity index (χ4n) is 6.75. The Morgan fingerprint density at radius 2 is 1.88 bits per heavy atom. The second kappa shape index (κ2) is 10.5. The van der Waals surface area contributed by atoms with Crippen LogP contribution in [0.15, 0.2) is 42.5 Å². The summed E-state index contributed by atoms with van der Waals surface area (Å²) in [7, 11) is 0. The summed E-state index contributed by atoms with van der Waals surface area (Å²) in [5.74, 6) is 1.86. The van der Waals surface area contributed by atoms with Gasteiger partial charge in [0.2, 0.25) is 5.82 Å². The Morgan fingerprint density at radius 3 is 2.70 bits per heavy atom. The third kappa shape index (κ3) is 4.68. The smallest absolute Gasteiger partial charge is 0.449 e. The highest BCUT2D eigenvalue weighted by Gasteiger charge is 2.30. The summed E-state index contributed by atoms with van der Waals surface area (Å²) in [6.07, 6.45) is 9.54. The largest absolute Gasteiger partial charge is 0.511 e. The molecule has 0 bridgehead atoms. The molecule has 206 valence electrons. The molecule has 1 saturated carbocycles. The first-order chi connectivity index (χ1) is 19.6. The molecule has 4 aromatic rings. The molecule has 9 heteroatoms. The Labute approximate surface area is 232 Å². The van der Waals surface area contributed by atoms with Gasteiger partial charge >= 0.3 is 6.16 Å². The third-order valence-corrected chi connectivity index (χ3v) is 8.67. The minimum absolute atomic E-state index is 0.309. The number of ether oxygens (including phenoxy) is 2. The number of fused-ring (bicyclic) bond motifs is 5. The van der Waals surface area contributed by atoms with Gasteiger partial charge in [-0.2, -0.15) is 4.80 Å². The summed E-state index contributed by atoms with van der Waals surface area (Å²) in [5, 5.41) is 24.2. The molecule has 1 aliphatic carbocycles. The van der Waals surface area contributed by atoms with Crippen LogP contribution in [0.5, 0.6) is 5.75 Å². The maximum absolute atomic E-state index is 11.4. The zero-order valence-electron chi connectivity index (χ0n) is 22.5. The third-order valence-electron chi connectivity index (χ3n) is 8.67. The van der Waals surface area contributed by atoms with Gasteiger partial charge in [-0.3, -0.25) is 0 Å². The van der Waals surface area contributed by atoms with E-state index in [4.69, 9.17) is 14.6 Å². The van der Waals surface area contributed by atoms with E-state index in [0.717, 1.165) is 61.9 Å². The second-order valence-electron chi connectivity index (χ2n) is 11.2. The highest BCUT2D eigenvalue weighted by atomic mass is 16.7. The van der Waals surface area contributed by atoms with Gasteiger partial charge in [0.1, 0.15) is 5.75 Å². The lowest BCUT2D eigenvalue weighted by Gasteiger charge is -2.23. The fourth-order valence-corrected chi connectivity index (χ4v) is 6.75. The average Bonchev–Trinajstić information content (AvgIpc) is 3.51. The Hall–Kier alpha value is -3.98.